The van der Waals surface area contributed by atoms with Crippen LogP contribution >= 0.6 is 22.6 Å². The Morgan fingerprint density at radius 2 is 1.90 bits per heavy atom. The molecule has 0 aliphatic heterocycles. The van der Waals surface area contributed by atoms with E-state index in [1.165, 1.54) is 5.56 Å². The van der Waals surface area contributed by atoms with E-state index in [1.54, 1.807) is 6.08 Å². The van der Waals surface area contributed by atoms with Crippen LogP contribution in [0, 0.1) is 28.7 Å². The average Bonchev–Trinajstić information content (AvgIpc) is 2.99. The van der Waals surface area contributed by atoms with Gasteiger partial charge in [0.15, 0.2) is 0 Å². The van der Waals surface area contributed by atoms with E-state index in [4.69, 9.17) is 0 Å². The summed E-state index contributed by atoms with van der Waals surface area (Å²) in [6, 6.07) is 19.9. The van der Waals surface area contributed by atoms with E-state index in [-0.39, 0.29) is 5.57 Å². The highest BCUT2D eigenvalue weighted by Gasteiger charge is 2.14. The van der Waals surface area contributed by atoms with Crippen LogP contribution in [-0.2, 0) is 11.2 Å². The first kappa shape index (κ1) is 20.9. The Kier molecular flexibility index (Phi) is 6.55. The van der Waals surface area contributed by atoms with Gasteiger partial charge < -0.3 is 9.88 Å². The van der Waals surface area contributed by atoms with Crippen LogP contribution in [0.4, 0.5) is 5.69 Å². The van der Waals surface area contributed by atoms with Crippen LogP contribution < -0.4 is 5.32 Å². The predicted molar refractivity (Wildman–Crippen MR) is 126 cm³/mol. The second-order valence-corrected chi connectivity index (χ2v) is 8.06. The number of rotatable bonds is 5. The van der Waals surface area contributed by atoms with Crippen LogP contribution in [0.15, 0.2) is 60.2 Å². The monoisotopic (exact) mass is 495 g/mol. The molecule has 0 saturated carbocycles. The van der Waals surface area contributed by atoms with Crippen LogP contribution in [-0.4, -0.2) is 10.5 Å². The molecular weight excluding hydrogens is 473 g/mol. The molecule has 0 unspecified atom stereocenters. The van der Waals surface area contributed by atoms with E-state index in [9.17, 15) is 10.1 Å². The second-order valence-electron chi connectivity index (χ2n) is 6.82. The lowest BCUT2D eigenvalue weighted by Gasteiger charge is -2.10. The van der Waals surface area contributed by atoms with E-state index in [2.05, 4.69) is 45.5 Å². The molecule has 2 aromatic carbocycles. The highest BCUT2D eigenvalue weighted by molar-refractivity contribution is 14.1. The zero-order valence-corrected chi connectivity index (χ0v) is 18.8. The van der Waals surface area contributed by atoms with Gasteiger partial charge in [0.05, 0.1) is 0 Å². The minimum atomic E-state index is -0.407. The largest absolute Gasteiger partial charge is 0.321 e. The lowest BCUT2D eigenvalue weighted by Crippen LogP contribution is -2.13. The number of aryl methyl sites for hydroxylation is 2. The third-order valence-corrected chi connectivity index (χ3v) is 5.49. The van der Waals surface area contributed by atoms with Crippen LogP contribution in [0.2, 0.25) is 0 Å². The molecule has 0 atom stereocenters. The van der Waals surface area contributed by atoms with Gasteiger partial charge in [-0.15, -0.1) is 0 Å². The van der Waals surface area contributed by atoms with Gasteiger partial charge in [0, 0.05) is 26.3 Å². The topological polar surface area (TPSA) is 57.8 Å². The van der Waals surface area contributed by atoms with Crippen LogP contribution in [0.25, 0.3) is 11.8 Å². The van der Waals surface area contributed by atoms with Crippen molar-refractivity contribution < 1.29 is 4.79 Å². The highest BCUT2D eigenvalue weighted by atomic mass is 127. The number of nitriles is 1. The van der Waals surface area contributed by atoms with Crippen molar-refractivity contribution in [1.82, 2.24) is 4.57 Å². The van der Waals surface area contributed by atoms with Crippen molar-refractivity contribution in [2.45, 2.75) is 27.2 Å². The standard InChI is InChI=1S/C24H22IN3O/c1-4-18-8-10-22(11-9-18)27-24(29)20(15-26)13-19-12-16(2)28(17(19)3)23-7-5-6-21(25)14-23/h5-14H,4H2,1-3H3,(H,27,29)/b20-13+. The summed E-state index contributed by atoms with van der Waals surface area (Å²) in [7, 11) is 0. The van der Waals surface area contributed by atoms with Crippen molar-refractivity contribution in [3.8, 4) is 11.8 Å². The summed E-state index contributed by atoms with van der Waals surface area (Å²) in [6.07, 6.45) is 2.59. The number of halogens is 1. The summed E-state index contributed by atoms with van der Waals surface area (Å²) < 4.78 is 3.28. The molecule has 3 rings (SSSR count). The molecule has 29 heavy (non-hydrogen) atoms. The summed E-state index contributed by atoms with van der Waals surface area (Å²) in [6.45, 7) is 6.09. The average molecular weight is 495 g/mol. The van der Waals surface area contributed by atoms with Crippen molar-refractivity contribution in [3.05, 3.63) is 86.3 Å². The predicted octanol–water partition coefficient (Wildman–Crippen LogP) is 5.81. The van der Waals surface area contributed by atoms with E-state index in [1.807, 2.05) is 68.4 Å². The molecule has 0 fully saturated rings. The number of nitrogens with one attached hydrogen (secondary N) is 1. The number of hydrogen-bond donors (Lipinski definition) is 1. The SMILES string of the molecule is CCc1ccc(NC(=O)/C(C#N)=C/c2cc(C)n(-c3cccc(I)c3)c2C)cc1. The third kappa shape index (κ3) is 4.77. The first-order valence-corrected chi connectivity index (χ1v) is 10.5. The van der Waals surface area contributed by atoms with Crippen molar-refractivity contribution in [2.24, 2.45) is 0 Å². The quantitative estimate of drug-likeness (QED) is 0.276. The van der Waals surface area contributed by atoms with Crippen LogP contribution in [0.1, 0.15) is 29.4 Å². The Balaban J connectivity index is 1.90. The molecule has 0 aliphatic carbocycles. The fourth-order valence-electron chi connectivity index (χ4n) is 3.27. The number of amides is 1. The number of hydrogen-bond acceptors (Lipinski definition) is 2. The van der Waals surface area contributed by atoms with Crippen molar-refractivity contribution >= 4 is 40.3 Å². The van der Waals surface area contributed by atoms with E-state index in [0.717, 1.165) is 32.6 Å². The number of aromatic nitrogens is 1. The van der Waals surface area contributed by atoms with Gasteiger partial charge in [-0.1, -0.05) is 25.1 Å². The lowest BCUT2D eigenvalue weighted by molar-refractivity contribution is -0.112. The number of carbonyl (C=O) groups excluding carboxylic acids is 1. The smallest absolute Gasteiger partial charge is 0.266 e. The summed E-state index contributed by atoms with van der Waals surface area (Å²) in [5.74, 6) is -0.407. The van der Waals surface area contributed by atoms with Crippen LogP contribution in [0.5, 0.6) is 0 Å². The van der Waals surface area contributed by atoms with Gasteiger partial charge in [-0.05, 0) is 96.5 Å². The van der Waals surface area contributed by atoms with Gasteiger partial charge in [-0.3, -0.25) is 4.79 Å². The zero-order chi connectivity index (χ0) is 21.0. The van der Waals surface area contributed by atoms with Crippen LogP contribution in [0.3, 0.4) is 0 Å². The van der Waals surface area contributed by atoms with Gasteiger partial charge in [0.1, 0.15) is 11.6 Å². The van der Waals surface area contributed by atoms with Gasteiger partial charge in [-0.25, -0.2) is 0 Å². The van der Waals surface area contributed by atoms with E-state index in [0.29, 0.717) is 5.69 Å². The normalized spacial score (nSPS) is 11.2. The second kappa shape index (κ2) is 9.10. The minimum Gasteiger partial charge on any atom is -0.321 e. The van der Waals surface area contributed by atoms with Gasteiger partial charge in [-0.2, -0.15) is 5.26 Å². The number of nitrogens with zero attached hydrogens (tertiary/aromatic N) is 2. The molecule has 1 aromatic heterocycles. The molecule has 5 heteroatoms. The molecule has 0 radical (unpaired) electrons. The molecule has 0 spiro atoms. The fourth-order valence-corrected chi connectivity index (χ4v) is 3.80. The maximum Gasteiger partial charge on any atom is 0.266 e. The fraction of sp³-hybridized carbons (Fsp3) is 0.167. The Labute approximate surface area is 185 Å². The first-order valence-electron chi connectivity index (χ1n) is 9.40. The number of anilines is 1. The Morgan fingerprint density at radius 1 is 1.17 bits per heavy atom. The number of benzene rings is 2. The molecule has 3 aromatic rings. The molecule has 1 N–H and O–H groups in total. The zero-order valence-electron chi connectivity index (χ0n) is 16.7. The summed E-state index contributed by atoms with van der Waals surface area (Å²) >= 11 is 2.29. The Morgan fingerprint density at radius 3 is 2.52 bits per heavy atom. The summed E-state index contributed by atoms with van der Waals surface area (Å²) in [5.41, 5.74) is 5.90. The van der Waals surface area contributed by atoms with E-state index >= 15 is 0 Å². The van der Waals surface area contributed by atoms with Gasteiger partial charge in [0.25, 0.3) is 5.91 Å². The highest BCUT2D eigenvalue weighted by Crippen LogP contribution is 2.24. The minimum absolute atomic E-state index is 0.0764. The van der Waals surface area contributed by atoms with Gasteiger partial charge in [0.2, 0.25) is 0 Å². The molecule has 0 aliphatic rings. The lowest BCUT2D eigenvalue weighted by atomic mass is 10.1. The van der Waals surface area contributed by atoms with Crippen molar-refractivity contribution in [1.29, 1.82) is 5.26 Å². The summed E-state index contributed by atoms with van der Waals surface area (Å²) in [5, 5.41) is 12.4. The maximum absolute atomic E-state index is 12.6. The Bertz CT molecular complexity index is 1120. The van der Waals surface area contributed by atoms with Crippen molar-refractivity contribution in [3.63, 3.8) is 0 Å². The Hall–Kier alpha value is -2.85. The molecule has 0 bridgehead atoms. The molecule has 146 valence electrons. The van der Waals surface area contributed by atoms with E-state index < -0.39 is 5.91 Å². The van der Waals surface area contributed by atoms with Gasteiger partial charge >= 0.3 is 0 Å². The third-order valence-electron chi connectivity index (χ3n) is 4.82. The maximum atomic E-state index is 12.6. The molecule has 1 heterocycles. The first-order chi connectivity index (χ1) is 13.9. The van der Waals surface area contributed by atoms with Crippen molar-refractivity contribution in [2.75, 3.05) is 5.32 Å². The molecular formula is C24H22IN3O. The summed E-state index contributed by atoms with van der Waals surface area (Å²) in [4.78, 5) is 12.6. The molecule has 4 nitrogen and oxygen atoms in total. The molecule has 0 saturated heterocycles. The molecule has 1 amide bonds. The number of carbonyl (C=O) groups is 1.